The predicted octanol–water partition coefficient (Wildman–Crippen LogP) is 4.20. The fourth-order valence-corrected chi connectivity index (χ4v) is 5.09. The number of likely N-dealkylation sites (tertiary alicyclic amines) is 1. The van der Waals surface area contributed by atoms with Gasteiger partial charge in [0.1, 0.15) is 18.4 Å². The van der Waals surface area contributed by atoms with Gasteiger partial charge in [-0.2, -0.15) is 0 Å². The molecule has 1 N–H and O–H groups in total. The fourth-order valence-electron chi connectivity index (χ4n) is 5.09. The Morgan fingerprint density at radius 1 is 0.868 bits per heavy atom. The molecule has 1 aliphatic heterocycles. The number of ether oxygens (including phenoxy) is 1. The minimum absolute atomic E-state index is 0.180. The molecule has 0 radical (unpaired) electrons. The molecule has 0 amide bonds. The van der Waals surface area contributed by atoms with Crippen molar-refractivity contribution >= 4 is 11.2 Å². The van der Waals surface area contributed by atoms with Gasteiger partial charge in [-0.1, -0.05) is 36.4 Å². The standard InChI is InChI=1S/C30H29N5O3/c1-38-26-12-10-23(11-13-26)34-19-31-29-28(34)30(37)35(20-32-29)24-8-6-21(7-9-24)27-5-3-2-4-22(27)18-33-16-14-25(36)15-17-33/h2-13,19-20,25,36H,14-18H2,1H3. The zero-order valence-corrected chi connectivity index (χ0v) is 21.2. The first kappa shape index (κ1) is 24.1. The average molecular weight is 508 g/mol. The van der Waals surface area contributed by atoms with E-state index in [0.717, 1.165) is 55.2 Å². The number of aliphatic hydroxyl groups is 1. The van der Waals surface area contributed by atoms with Crippen molar-refractivity contribution in [2.45, 2.75) is 25.5 Å². The minimum atomic E-state index is -0.191. The molecule has 1 saturated heterocycles. The van der Waals surface area contributed by atoms with E-state index in [-0.39, 0.29) is 11.7 Å². The van der Waals surface area contributed by atoms with E-state index in [1.165, 1.54) is 17.5 Å². The van der Waals surface area contributed by atoms with E-state index in [9.17, 15) is 9.90 Å². The molecule has 2 aromatic heterocycles. The van der Waals surface area contributed by atoms with E-state index < -0.39 is 0 Å². The SMILES string of the molecule is COc1ccc(-n2cnc3ncn(-c4ccc(-c5ccccc5CN5CCC(O)CC5)cc4)c(=O)c32)cc1. The first-order valence-electron chi connectivity index (χ1n) is 12.8. The molecule has 192 valence electrons. The van der Waals surface area contributed by atoms with Crippen LogP contribution < -0.4 is 10.3 Å². The third-order valence-electron chi connectivity index (χ3n) is 7.24. The summed E-state index contributed by atoms with van der Waals surface area (Å²) in [6.45, 7) is 2.65. The van der Waals surface area contributed by atoms with Gasteiger partial charge in [0, 0.05) is 25.3 Å². The molecule has 0 atom stereocenters. The number of aliphatic hydroxyl groups excluding tert-OH is 1. The zero-order chi connectivity index (χ0) is 26.1. The lowest BCUT2D eigenvalue weighted by Gasteiger charge is -2.30. The van der Waals surface area contributed by atoms with Crippen LogP contribution in [0, 0.1) is 0 Å². The van der Waals surface area contributed by atoms with Crippen LogP contribution in [0.15, 0.2) is 90.2 Å². The van der Waals surface area contributed by atoms with Gasteiger partial charge in [0.2, 0.25) is 0 Å². The highest BCUT2D eigenvalue weighted by molar-refractivity contribution is 5.73. The molecule has 3 heterocycles. The maximum Gasteiger partial charge on any atom is 0.284 e. The fraction of sp³-hybridized carbons (Fsp3) is 0.233. The second kappa shape index (κ2) is 10.2. The van der Waals surface area contributed by atoms with Crippen LogP contribution in [0.2, 0.25) is 0 Å². The van der Waals surface area contributed by atoms with Crippen LogP contribution in [0.3, 0.4) is 0 Å². The number of nitrogens with zero attached hydrogens (tertiary/aromatic N) is 5. The molecule has 8 nitrogen and oxygen atoms in total. The van der Waals surface area contributed by atoms with Gasteiger partial charge in [-0.3, -0.25) is 18.8 Å². The summed E-state index contributed by atoms with van der Waals surface area (Å²) in [4.78, 5) is 24.8. The molecule has 0 saturated carbocycles. The van der Waals surface area contributed by atoms with Crippen LogP contribution >= 0.6 is 0 Å². The second-order valence-corrected chi connectivity index (χ2v) is 9.62. The molecule has 5 aromatic rings. The molecule has 6 rings (SSSR count). The number of aromatic nitrogens is 4. The van der Waals surface area contributed by atoms with E-state index in [2.05, 4.69) is 39.1 Å². The Morgan fingerprint density at radius 3 is 2.21 bits per heavy atom. The molecule has 1 fully saturated rings. The molecule has 0 aliphatic carbocycles. The number of fused-ring (bicyclic) bond motifs is 1. The molecule has 0 bridgehead atoms. The van der Waals surface area contributed by atoms with Crippen LogP contribution in [0.1, 0.15) is 18.4 Å². The number of benzene rings is 3. The second-order valence-electron chi connectivity index (χ2n) is 9.62. The van der Waals surface area contributed by atoms with Gasteiger partial charge < -0.3 is 9.84 Å². The molecule has 38 heavy (non-hydrogen) atoms. The first-order chi connectivity index (χ1) is 18.6. The molecule has 8 heteroatoms. The van der Waals surface area contributed by atoms with Gasteiger partial charge in [-0.15, -0.1) is 0 Å². The summed E-state index contributed by atoms with van der Waals surface area (Å²) in [7, 11) is 1.62. The molecular formula is C30H29N5O3. The minimum Gasteiger partial charge on any atom is -0.497 e. The summed E-state index contributed by atoms with van der Waals surface area (Å²) in [5, 5.41) is 9.84. The lowest BCUT2D eigenvalue weighted by Crippen LogP contribution is -2.35. The maximum absolute atomic E-state index is 13.6. The smallest absolute Gasteiger partial charge is 0.284 e. The van der Waals surface area contributed by atoms with Crippen LogP contribution in [0.5, 0.6) is 5.75 Å². The van der Waals surface area contributed by atoms with Crippen molar-refractivity contribution in [3.05, 3.63) is 101 Å². The van der Waals surface area contributed by atoms with E-state index in [1.807, 2.05) is 48.5 Å². The monoisotopic (exact) mass is 507 g/mol. The number of imidazole rings is 1. The normalized spacial score (nSPS) is 14.7. The van der Waals surface area contributed by atoms with Crippen molar-refractivity contribution in [3.8, 4) is 28.3 Å². The topological polar surface area (TPSA) is 85.4 Å². The maximum atomic E-state index is 13.6. The van der Waals surface area contributed by atoms with E-state index >= 15 is 0 Å². The molecule has 3 aromatic carbocycles. The van der Waals surface area contributed by atoms with E-state index in [4.69, 9.17) is 4.74 Å². The van der Waals surface area contributed by atoms with Crippen LogP contribution in [-0.4, -0.2) is 55.4 Å². The number of rotatable bonds is 6. The number of methoxy groups -OCH3 is 1. The van der Waals surface area contributed by atoms with Crippen molar-refractivity contribution in [2.24, 2.45) is 0 Å². The van der Waals surface area contributed by atoms with Crippen LogP contribution in [0.4, 0.5) is 0 Å². The van der Waals surface area contributed by atoms with E-state index in [0.29, 0.717) is 11.2 Å². The Hall–Kier alpha value is -4.27. The van der Waals surface area contributed by atoms with Crippen molar-refractivity contribution in [2.75, 3.05) is 20.2 Å². The summed E-state index contributed by atoms with van der Waals surface area (Å²) in [5.74, 6) is 0.741. The van der Waals surface area contributed by atoms with Crippen molar-refractivity contribution in [1.29, 1.82) is 0 Å². The number of hydrogen-bond acceptors (Lipinski definition) is 6. The molecule has 0 spiro atoms. The van der Waals surface area contributed by atoms with Gasteiger partial charge in [-0.25, -0.2) is 9.97 Å². The quantitative estimate of drug-likeness (QED) is 0.371. The van der Waals surface area contributed by atoms with Crippen molar-refractivity contribution < 1.29 is 9.84 Å². The third kappa shape index (κ3) is 4.60. The largest absolute Gasteiger partial charge is 0.497 e. The van der Waals surface area contributed by atoms with Gasteiger partial charge in [0.15, 0.2) is 11.2 Å². The number of hydrogen-bond donors (Lipinski definition) is 1. The Balaban J connectivity index is 1.31. The molecule has 0 unspecified atom stereocenters. The van der Waals surface area contributed by atoms with Crippen molar-refractivity contribution in [1.82, 2.24) is 24.0 Å². The van der Waals surface area contributed by atoms with Gasteiger partial charge in [0.05, 0.1) is 18.9 Å². The lowest BCUT2D eigenvalue weighted by atomic mass is 9.98. The Labute approximate surface area is 220 Å². The highest BCUT2D eigenvalue weighted by Crippen LogP contribution is 2.27. The zero-order valence-electron chi connectivity index (χ0n) is 21.2. The van der Waals surface area contributed by atoms with Crippen LogP contribution in [0.25, 0.3) is 33.7 Å². The van der Waals surface area contributed by atoms with Gasteiger partial charge in [0.25, 0.3) is 5.56 Å². The predicted molar refractivity (Wildman–Crippen MR) is 147 cm³/mol. The van der Waals surface area contributed by atoms with Gasteiger partial charge in [-0.05, 0) is 65.9 Å². The third-order valence-corrected chi connectivity index (χ3v) is 7.24. The summed E-state index contributed by atoms with van der Waals surface area (Å²) in [6.07, 6.45) is 4.61. The number of piperidine rings is 1. The van der Waals surface area contributed by atoms with Crippen LogP contribution in [-0.2, 0) is 6.54 Å². The summed E-state index contributed by atoms with van der Waals surface area (Å²) in [6, 6.07) is 23.9. The Bertz CT molecular complexity index is 1620. The van der Waals surface area contributed by atoms with E-state index in [1.54, 1.807) is 22.6 Å². The summed E-state index contributed by atoms with van der Waals surface area (Å²) in [5.41, 5.74) is 5.68. The lowest BCUT2D eigenvalue weighted by molar-refractivity contribution is 0.0793. The molecule has 1 aliphatic rings. The Kier molecular flexibility index (Phi) is 6.49. The highest BCUT2D eigenvalue weighted by Gasteiger charge is 2.18. The van der Waals surface area contributed by atoms with Crippen molar-refractivity contribution in [3.63, 3.8) is 0 Å². The Morgan fingerprint density at radius 2 is 1.50 bits per heavy atom. The highest BCUT2D eigenvalue weighted by atomic mass is 16.5. The molecular weight excluding hydrogens is 478 g/mol. The summed E-state index contributed by atoms with van der Waals surface area (Å²) >= 11 is 0. The first-order valence-corrected chi connectivity index (χ1v) is 12.8. The van der Waals surface area contributed by atoms with Gasteiger partial charge >= 0.3 is 0 Å². The average Bonchev–Trinajstić information content (AvgIpc) is 3.40. The summed E-state index contributed by atoms with van der Waals surface area (Å²) < 4.78 is 8.56.